The summed E-state index contributed by atoms with van der Waals surface area (Å²) < 4.78 is 0. The standard InChI is InChI=1S/C6H11N.C2H6O2.Cu/c1-2-7-5-3-4-6-7;3-1-2-4;/h2H,1,3-6H2;3-4H,1-2H2;. The predicted molar refractivity (Wildman–Crippen MR) is 45.2 cm³/mol. The summed E-state index contributed by atoms with van der Waals surface area (Å²) in [5.41, 5.74) is 0. The smallest absolute Gasteiger partial charge is 0.0662 e. The molecule has 0 spiro atoms. The second kappa shape index (κ2) is 11.0. The zero-order valence-corrected chi connectivity index (χ0v) is 8.11. The Labute approximate surface area is 84.5 Å². The first kappa shape index (κ1) is 14.5. The van der Waals surface area contributed by atoms with Gasteiger partial charge in [0.1, 0.15) is 0 Å². The number of hydrogen-bond donors (Lipinski definition) is 2. The van der Waals surface area contributed by atoms with Crippen LogP contribution in [0.4, 0.5) is 0 Å². The van der Waals surface area contributed by atoms with E-state index in [0.717, 1.165) is 0 Å². The molecule has 4 heteroatoms. The van der Waals surface area contributed by atoms with Crippen molar-refractivity contribution in [1.29, 1.82) is 0 Å². The molecule has 3 nitrogen and oxygen atoms in total. The fourth-order valence-corrected chi connectivity index (χ4v) is 0.924. The van der Waals surface area contributed by atoms with Gasteiger partial charge in [-0.3, -0.25) is 0 Å². The first-order valence-corrected chi connectivity index (χ1v) is 3.93. The Kier molecular flexibility index (Phi) is 13.3. The third-order valence-electron chi connectivity index (χ3n) is 1.50. The summed E-state index contributed by atoms with van der Waals surface area (Å²) in [4.78, 5) is 2.25. The third kappa shape index (κ3) is 8.08. The van der Waals surface area contributed by atoms with Gasteiger partial charge in [-0.15, -0.1) is 0 Å². The molecule has 0 atom stereocenters. The number of likely N-dealkylation sites (tertiary alicyclic amines) is 1. The van der Waals surface area contributed by atoms with Crippen molar-refractivity contribution in [2.75, 3.05) is 26.3 Å². The molecule has 77 valence electrons. The first-order chi connectivity index (χ1) is 5.35. The van der Waals surface area contributed by atoms with Crippen LogP contribution in [0.3, 0.4) is 0 Å². The van der Waals surface area contributed by atoms with Crippen molar-refractivity contribution in [2.45, 2.75) is 12.8 Å². The van der Waals surface area contributed by atoms with Crippen LogP contribution in [-0.4, -0.2) is 41.4 Å². The van der Waals surface area contributed by atoms with E-state index in [1.165, 1.54) is 25.9 Å². The Balaban J connectivity index is 0. The molecule has 1 saturated heterocycles. The summed E-state index contributed by atoms with van der Waals surface area (Å²) in [5.74, 6) is 0. The van der Waals surface area contributed by atoms with Crippen LogP contribution in [0.2, 0.25) is 0 Å². The maximum atomic E-state index is 7.62. The minimum Gasteiger partial charge on any atom is -0.394 e. The van der Waals surface area contributed by atoms with Crippen LogP contribution in [0.25, 0.3) is 0 Å². The quantitative estimate of drug-likeness (QED) is 0.656. The number of hydrogen-bond acceptors (Lipinski definition) is 3. The summed E-state index contributed by atoms with van der Waals surface area (Å²) in [5, 5.41) is 15.2. The number of nitrogens with zero attached hydrogens (tertiary/aromatic N) is 1. The average molecular weight is 223 g/mol. The Morgan fingerprint density at radius 3 is 1.75 bits per heavy atom. The van der Waals surface area contributed by atoms with Gasteiger partial charge in [0, 0.05) is 30.2 Å². The van der Waals surface area contributed by atoms with E-state index in [9.17, 15) is 0 Å². The molecular weight excluding hydrogens is 206 g/mol. The van der Waals surface area contributed by atoms with Gasteiger partial charge in [0.05, 0.1) is 13.2 Å². The normalized spacial score (nSPS) is 14.3. The van der Waals surface area contributed by atoms with Gasteiger partial charge in [0.25, 0.3) is 0 Å². The second-order valence-electron chi connectivity index (χ2n) is 2.37. The molecular formula is C8H17CuNO2. The zero-order chi connectivity index (χ0) is 8.53. The summed E-state index contributed by atoms with van der Waals surface area (Å²) in [6.07, 6.45) is 4.63. The van der Waals surface area contributed by atoms with Crippen LogP contribution in [0, 0.1) is 0 Å². The Morgan fingerprint density at radius 1 is 1.17 bits per heavy atom. The van der Waals surface area contributed by atoms with Gasteiger partial charge < -0.3 is 15.1 Å². The number of aliphatic hydroxyl groups is 2. The van der Waals surface area contributed by atoms with Crippen LogP contribution in [0.1, 0.15) is 12.8 Å². The van der Waals surface area contributed by atoms with Crippen molar-refractivity contribution < 1.29 is 27.3 Å². The Hall–Kier alpha value is -0.0205. The van der Waals surface area contributed by atoms with E-state index in [4.69, 9.17) is 10.2 Å². The maximum absolute atomic E-state index is 7.62. The van der Waals surface area contributed by atoms with E-state index >= 15 is 0 Å². The topological polar surface area (TPSA) is 43.7 Å². The average Bonchev–Trinajstić information content (AvgIpc) is 2.56. The Morgan fingerprint density at radius 2 is 1.58 bits per heavy atom. The predicted octanol–water partition coefficient (Wildman–Crippen LogP) is 0.194. The molecule has 1 rings (SSSR count). The molecule has 1 radical (unpaired) electrons. The molecule has 0 amide bonds. The van der Waals surface area contributed by atoms with Gasteiger partial charge in [-0.05, 0) is 19.0 Å². The molecule has 2 N–H and O–H groups in total. The van der Waals surface area contributed by atoms with Crippen LogP contribution < -0.4 is 0 Å². The minimum atomic E-state index is -0.125. The largest absolute Gasteiger partial charge is 0.394 e. The van der Waals surface area contributed by atoms with Crippen molar-refractivity contribution in [2.24, 2.45) is 0 Å². The summed E-state index contributed by atoms with van der Waals surface area (Å²) >= 11 is 0. The van der Waals surface area contributed by atoms with Crippen LogP contribution in [0.15, 0.2) is 12.8 Å². The molecule has 1 heterocycles. The van der Waals surface area contributed by atoms with E-state index in [1.807, 2.05) is 6.20 Å². The SMILES string of the molecule is C=CN1CCCC1.OCCO.[Cu]. The van der Waals surface area contributed by atoms with Crippen molar-refractivity contribution in [3.05, 3.63) is 12.8 Å². The molecule has 1 aliphatic heterocycles. The minimum absolute atomic E-state index is 0. The molecule has 0 saturated carbocycles. The van der Waals surface area contributed by atoms with Gasteiger partial charge in [0.2, 0.25) is 0 Å². The second-order valence-corrected chi connectivity index (χ2v) is 2.37. The van der Waals surface area contributed by atoms with Crippen molar-refractivity contribution in [3.8, 4) is 0 Å². The molecule has 0 aromatic carbocycles. The summed E-state index contributed by atoms with van der Waals surface area (Å²) in [6.45, 7) is 5.87. The maximum Gasteiger partial charge on any atom is 0.0662 e. The van der Waals surface area contributed by atoms with Gasteiger partial charge in [-0.2, -0.15) is 0 Å². The molecule has 0 aliphatic carbocycles. The molecule has 12 heavy (non-hydrogen) atoms. The number of rotatable bonds is 2. The fourth-order valence-electron chi connectivity index (χ4n) is 0.924. The van der Waals surface area contributed by atoms with Gasteiger partial charge >= 0.3 is 0 Å². The summed E-state index contributed by atoms with van der Waals surface area (Å²) in [6, 6.07) is 0. The van der Waals surface area contributed by atoms with Gasteiger partial charge in [-0.25, -0.2) is 0 Å². The van der Waals surface area contributed by atoms with E-state index in [1.54, 1.807) is 0 Å². The van der Waals surface area contributed by atoms with Crippen LogP contribution in [-0.2, 0) is 17.1 Å². The zero-order valence-electron chi connectivity index (χ0n) is 7.17. The third-order valence-corrected chi connectivity index (χ3v) is 1.50. The van der Waals surface area contributed by atoms with Gasteiger partial charge in [0.15, 0.2) is 0 Å². The van der Waals surface area contributed by atoms with Crippen molar-refractivity contribution in [3.63, 3.8) is 0 Å². The van der Waals surface area contributed by atoms with Crippen molar-refractivity contribution in [1.82, 2.24) is 4.90 Å². The molecule has 0 bridgehead atoms. The summed E-state index contributed by atoms with van der Waals surface area (Å²) in [7, 11) is 0. The Bertz CT molecular complexity index is 93.1. The van der Waals surface area contributed by atoms with Crippen molar-refractivity contribution >= 4 is 0 Å². The molecule has 1 aliphatic rings. The van der Waals surface area contributed by atoms with E-state index in [-0.39, 0.29) is 30.3 Å². The molecule has 0 aromatic heterocycles. The van der Waals surface area contributed by atoms with E-state index in [0.29, 0.717) is 0 Å². The molecule has 0 aromatic rings. The monoisotopic (exact) mass is 222 g/mol. The number of aliphatic hydroxyl groups excluding tert-OH is 2. The molecule has 0 unspecified atom stereocenters. The van der Waals surface area contributed by atoms with E-state index < -0.39 is 0 Å². The van der Waals surface area contributed by atoms with Crippen LogP contribution >= 0.6 is 0 Å². The fraction of sp³-hybridized carbons (Fsp3) is 0.750. The van der Waals surface area contributed by atoms with E-state index in [2.05, 4.69) is 11.5 Å². The molecule has 1 fully saturated rings. The van der Waals surface area contributed by atoms with Gasteiger partial charge in [-0.1, -0.05) is 6.58 Å². The van der Waals surface area contributed by atoms with Crippen LogP contribution in [0.5, 0.6) is 0 Å². The first-order valence-electron chi connectivity index (χ1n) is 3.93.